The molecule has 0 bridgehead atoms. The molecule has 9 heteroatoms. The summed E-state index contributed by atoms with van der Waals surface area (Å²) in [6.45, 7) is 4.04. The predicted octanol–water partition coefficient (Wildman–Crippen LogP) is 5.10. The molecule has 6 nitrogen and oxygen atoms in total. The number of nitrogens with zero attached hydrogens (tertiary/aromatic N) is 2. The number of aromatic nitrogens is 2. The average Bonchev–Trinajstić information content (AvgIpc) is 2.75. The van der Waals surface area contributed by atoms with Gasteiger partial charge in [0.05, 0.1) is 23.1 Å². The first-order valence-corrected chi connectivity index (χ1v) is 10.0. The maximum absolute atomic E-state index is 13.4. The summed E-state index contributed by atoms with van der Waals surface area (Å²) >= 11 is 11.5. The molecule has 1 aromatic heterocycles. The van der Waals surface area contributed by atoms with E-state index in [1.165, 1.54) is 12.1 Å². The molecule has 0 saturated carbocycles. The number of halogens is 3. The standard InChI is InChI=1S/C22H19Cl2FN4O2/c1-14(8-9-27-22(30)13-31-17-6-7-18(24)19(25)10-17)28-21-12-26-11-20(29-21)15-2-4-16(23)5-3-15/h2-7,10-12H,1,8-9,13H2,(H,27,30)(H,28,29). The number of hydrogen-bond acceptors (Lipinski definition) is 5. The van der Waals surface area contributed by atoms with E-state index in [1.807, 2.05) is 12.1 Å². The lowest BCUT2D eigenvalue weighted by molar-refractivity contribution is -0.123. The molecule has 0 atom stereocenters. The molecule has 2 N–H and O–H groups in total. The summed E-state index contributed by atoms with van der Waals surface area (Å²) in [5, 5.41) is 6.42. The minimum atomic E-state index is -0.606. The van der Waals surface area contributed by atoms with Gasteiger partial charge in [0, 0.05) is 35.3 Å². The summed E-state index contributed by atoms with van der Waals surface area (Å²) in [5.41, 5.74) is 2.24. The topological polar surface area (TPSA) is 76.1 Å². The van der Waals surface area contributed by atoms with Crippen LogP contribution in [0.5, 0.6) is 5.75 Å². The van der Waals surface area contributed by atoms with Crippen molar-refractivity contribution < 1.29 is 13.9 Å². The van der Waals surface area contributed by atoms with Crippen molar-refractivity contribution in [2.45, 2.75) is 6.42 Å². The van der Waals surface area contributed by atoms with Crippen molar-refractivity contribution in [2.75, 3.05) is 18.5 Å². The molecule has 1 heterocycles. The zero-order valence-electron chi connectivity index (χ0n) is 16.4. The van der Waals surface area contributed by atoms with Crippen molar-refractivity contribution in [3.63, 3.8) is 0 Å². The van der Waals surface area contributed by atoms with Crippen LogP contribution in [0.15, 0.2) is 67.1 Å². The predicted molar refractivity (Wildman–Crippen MR) is 120 cm³/mol. The number of ether oxygens (including phenoxy) is 1. The highest BCUT2D eigenvalue weighted by Crippen LogP contribution is 2.21. The largest absolute Gasteiger partial charge is 0.484 e. The normalized spacial score (nSPS) is 10.4. The Hall–Kier alpha value is -3.16. The maximum Gasteiger partial charge on any atom is 0.257 e. The van der Waals surface area contributed by atoms with E-state index in [0.717, 1.165) is 11.6 Å². The van der Waals surface area contributed by atoms with Gasteiger partial charge >= 0.3 is 0 Å². The SMILES string of the molecule is C=C(CCNC(=O)COc1ccc(Cl)c(F)c1)Nc1cncc(-c2ccc(Cl)cc2)n1. The van der Waals surface area contributed by atoms with Crippen molar-refractivity contribution in [3.05, 3.63) is 83.0 Å². The van der Waals surface area contributed by atoms with Gasteiger partial charge in [-0.1, -0.05) is 41.9 Å². The molecule has 0 spiro atoms. The van der Waals surface area contributed by atoms with Crippen LogP contribution in [0, 0.1) is 5.82 Å². The van der Waals surface area contributed by atoms with E-state index in [9.17, 15) is 9.18 Å². The summed E-state index contributed by atoms with van der Waals surface area (Å²) < 4.78 is 18.6. The second-order valence-corrected chi connectivity index (χ2v) is 7.33. The molecule has 0 saturated heterocycles. The van der Waals surface area contributed by atoms with E-state index in [1.54, 1.807) is 24.5 Å². The van der Waals surface area contributed by atoms with Crippen molar-refractivity contribution in [1.82, 2.24) is 15.3 Å². The molecule has 0 aliphatic carbocycles. The zero-order chi connectivity index (χ0) is 22.2. The van der Waals surface area contributed by atoms with E-state index in [4.69, 9.17) is 27.9 Å². The van der Waals surface area contributed by atoms with Gasteiger partial charge in [-0.05, 0) is 24.3 Å². The highest BCUT2D eigenvalue weighted by atomic mass is 35.5. The fraction of sp³-hybridized carbons (Fsp3) is 0.136. The van der Waals surface area contributed by atoms with E-state index >= 15 is 0 Å². The van der Waals surface area contributed by atoms with Crippen LogP contribution in [-0.4, -0.2) is 29.0 Å². The van der Waals surface area contributed by atoms with E-state index in [0.29, 0.717) is 35.2 Å². The summed E-state index contributed by atoms with van der Waals surface area (Å²) in [5.74, 6) is -0.183. The number of carbonyl (C=O) groups excluding carboxylic acids is 1. The first-order valence-electron chi connectivity index (χ1n) is 9.28. The molecule has 160 valence electrons. The highest BCUT2D eigenvalue weighted by molar-refractivity contribution is 6.31. The van der Waals surface area contributed by atoms with E-state index < -0.39 is 5.82 Å². The third-order valence-corrected chi connectivity index (χ3v) is 4.65. The van der Waals surface area contributed by atoms with Crippen LogP contribution < -0.4 is 15.4 Å². The molecule has 0 unspecified atom stereocenters. The fourth-order valence-electron chi connectivity index (χ4n) is 2.55. The van der Waals surface area contributed by atoms with Gasteiger partial charge in [0.2, 0.25) is 0 Å². The lowest BCUT2D eigenvalue weighted by atomic mass is 10.2. The van der Waals surface area contributed by atoms with Gasteiger partial charge in [0.1, 0.15) is 17.4 Å². The number of hydrogen-bond donors (Lipinski definition) is 2. The molecule has 1 amide bonds. The molecule has 0 fully saturated rings. The van der Waals surface area contributed by atoms with E-state index in [2.05, 4.69) is 27.2 Å². The zero-order valence-corrected chi connectivity index (χ0v) is 17.9. The number of anilines is 1. The second kappa shape index (κ2) is 10.7. The summed E-state index contributed by atoms with van der Waals surface area (Å²) in [6, 6.07) is 11.3. The quantitative estimate of drug-likeness (QED) is 0.464. The van der Waals surface area contributed by atoms with Crippen LogP contribution in [-0.2, 0) is 4.79 Å². The minimum Gasteiger partial charge on any atom is -0.484 e. The molecular formula is C22H19Cl2FN4O2. The maximum atomic E-state index is 13.4. The number of nitrogens with one attached hydrogen (secondary N) is 2. The molecule has 0 aliphatic rings. The van der Waals surface area contributed by atoms with Crippen LogP contribution >= 0.6 is 23.2 Å². The van der Waals surface area contributed by atoms with Crippen molar-refractivity contribution in [2.24, 2.45) is 0 Å². The molecule has 2 aromatic carbocycles. The van der Waals surface area contributed by atoms with Crippen molar-refractivity contribution in [3.8, 4) is 17.0 Å². The Bertz CT molecular complexity index is 1080. The average molecular weight is 461 g/mol. The summed E-state index contributed by atoms with van der Waals surface area (Å²) in [6.07, 6.45) is 3.71. The van der Waals surface area contributed by atoms with Gasteiger partial charge in [-0.2, -0.15) is 0 Å². The molecule has 0 radical (unpaired) electrons. The fourth-order valence-corrected chi connectivity index (χ4v) is 2.79. The summed E-state index contributed by atoms with van der Waals surface area (Å²) in [4.78, 5) is 20.6. The van der Waals surface area contributed by atoms with Crippen LogP contribution in [0.25, 0.3) is 11.3 Å². The van der Waals surface area contributed by atoms with Gasteiger partial charge in [0.25, 0.3) is 5.91 Å². The molecule has 31 heavy (non-hydrogen) atoms. The first kappa shape index (κ1) is 22.5. The smallest absolute Gasteiger partial charge is 0.257 e. The lowest BCUT2D eigenvalue weighted by Crippen LogP contribution is -2.30. The lowest BCUT2D eigenvalue weighted by Gasteiger charge is -2.11. The van der Waals surface area contributed by atoms with Crippen LogP contribution in [0.2, 0.25) is 10.0 Å². The van der Waals surface area contributed by atoms with Gasteiger partial charge in [-0.3, -0.25) is 9.78 Å². The summed E-state index contributed by atoms with van der Waals surface area (Å²) in [7, 11) is 0. The highest BCUT2D eigenvalue weighted by Gasteiger charge is 2.07. The number of benzene rings is 2. The Morgan fingerprint density at radius 3 is 2.65 bits per heavy atom. The Kier molecular flexibility index (Phi) is 7.81. The monoisotopic (exact) mass is 460 g/mol. The van der Waals surface area contributed by atoms with Crippen LogP contribution in [0.3, 0.4) is 0 Å². The van der Waals surface area contributed by atoms with Gasteiger partial charge in [0.15, 0.2) is 6.61 Å². The Balaban J connectivity index is 1.42. The Morgan fingerprint density at radius 1 is 1.13 bits per heavy atom. The second-order valence-electron chi connectivity index (χ2n) is 6.49. The molecular weight excluding hydrogens is 442 g/mol. The number of amides is 1. The number of rotatable bonds is 9. The van der Waals surface area contributed by atoms with Crippen molar-refractivity contribution in [1.29, 1.82) is 0 Å². The Morgan fingerprint density at radius 2 is 1.90 bits per heavy atom. The van der Waals surface area contributed by atoms with Crippen LogP contribution in [0.1, 0.15) is 6.42 Å². The minimum absolute atomic E-state index is 0.00814. The molecule has 0 aliphatic heterocycles. The Labute approximate surface area is 189 Å². The first-order chi connectivity index (χ1) is 14.9. The van der Waals surface area contributed by atoms with Gasteiger partial charge in [-0.15, -0.1) is 0 Å². The van der Waals surface area contributed by atoms with Crippen molar-refractivity contribution >= 4 is 34.9 Å². The third-order valence-electron chi connectivity index (χ3n) is 4.09. The molecule has 3 aromatic rings. The van der Waals surface area contributed by atoms with Gasteiger partial charge in [-0.25, -0.2) is 9.37 Å². The molecule has 3 rings (SSSR count). The van der Waals surface area contributed by atoms with Gasteiger partial charge < -0.3 is 15.4 Å². The van der Waals surface area contributed by atoms with Crippen LogP contribution in [0.4, 0.5) is 10.2 Å². The number of carbonyl (C=O) groups is 1. The van der Waals surface area contributed by atoms with E-state index in [-0.39, 0.29) is 23.3 Å². The third kappa shape index (κ3) is 6.94.